The first-order valence-corrected chi connectivity index (χ1v) is 4.60. The standard InChI is InChI=1S/C8H6ClF3S/c1-5-2-3-6(4-7(5)9)13-8(10,11)12/h2-4H,1H3. The van der Waals surface area contributed by atoms with Crippen molar-refractivity contribution in [2.45, 2.75) is 17.3 Å². The maximum Gasteiger partial charge on any atom is 0.446 e. The van der Waals surface area contributed by atoms with Gasteiger partial charge in [0.2, 0.25) is 0 Å². The number of rotatable bonds is 1. The van der Waals surface area contributed by atoms with Crippen LogP contribution in [0, 0.1) is 6.92 Å². The van der Waals surface area contributed by atoms with Gasteiger partial charge < -0.3 is 0 Å². The third kappa shape index (κ3) is 3.48. The fourth-order valence-electron chi connectivity index (χ4n) is 0.771. The molecule has 0 nitrogen and oxygen atoms in total. The van der Waals surface area contributed by atoms with Gasteiger partial charge in [0.15, 0.2) is 0 Å². The van der Waals surface area contributed by atoms with E-state index in [4.69, 9.17) is 11.6 Å². The first-order chi connectivity index (χ1) is 5.88. The third-order valence-electron chi connectivity index (χ3n) is 1.38. The summed E-state index contributed by atoms with van der Waals surface area (Å²) in [4.78, 5) is 0.114. The van der Waals surface area contributed by atoms with Gasteiger partial charge >= 0.3 is 5.51 Å². The average molecular weight is 227 g/mol. The molecule has 0 aliphatic carbocycles. The van der Waals surface area contributed by atoms with E-state index in [-0.39, 0.29) is 16.7 Å². The summed E-state index contributed by atoms with van der Waals surface area (Å²) < 4.78 is 35.7. The minimum Gasteiger partial charge on any atom is -0.160 e. The second-order valence-corrected chi connectivity index (χ2v) is 4.00. The van der Waals surface area contributed by atoms with E-state index in [0.29, 0.717) is 5.02 Å². The van der Waals surface area contributed by atoms with Gasteiger partial charge in [0.05, 0.1) is 0 Å². The van der Waals surface area contributed by atoms with E-state index in [1.807, 2.05) is 0 Å². The van der Waals surface area contributed by atoms with Gasteiger partial charge in [-0.2, -0.15) is 13.2 Å². The van der Waals surface area contributed by atoms with Crippen molar-refractivity contribution in [1.82, 2.24) is 0 Å². The SMILES string of the molecule is Cc1ccc(SC(F)(F)F)cc1Cl. The molecule has 5 heteroatoms. The summed E-state index contributed by atoms with van der Waals surface area (Å²) in [6.07, 6.45) is 0. The Kier molecular flexibility index (Phi) is 3.14. The van der Waals surface area contributed by atoms with Crippen molar-refractivity contribution in [3.63, 3.8) is 0 Å². The van der Waals surface area contributed by atoms with Crippen LogP contribution in [-0.4, -0.2) is 5.51 Å². The van der Waals surface area contributed by atoms with Crippen LogP contribution in [-0.2, 0) is 0 Å². The summed E-state index contributed by atoms with van der Waals surface area (Å²) >= 11 is 5.50. The second kappa shape index (κ2) is 3.80. The lowest BCUT2D eigenvalue weighted by Gasteiger charge is -2.06. The predicted octanol–water partition coefficient (Wildman–Crippen LogP) is 4.26. The molecule has 1 aromatic carbocycles. The summed E-state index contributed by atoms with van der Waals surface area (Å²) in [7, 11) is 0. The van der Waals surface area contributed by atoms with Gasteiger partial charge in [-0.3, -0.25) is 0 Å². The Labute approximate surface area is 83.1 Å². The van der Waals surface area contributed by atoms with Crippen LogP contribution in [0.5, 0.6) is 0 Å². The highest BCUT2D eigenvalue weighted by Crippen LogP contribution is 2.37. The largest absolute Gasteiger partial charge is 0.446 e. The summed E-state index contributed by atoms with van der Waals surface area (Å²) in [5, 5.41) is 0.356. The van der Waals surface area contributed by atoms with Gasteiger partial charge in [0, 0.05) is 9.92 Å². The van der Waals surface area contributed by atoms with Gasteiger partial charge in [-0.25, -0.2) is 0 Å². The Morgan fingerprint density at radius 2 is 1.92 bits per heavy atom. The van der Waals surface area contributed by atoms with Crippen LogP contribution in [0.3, 0.4) is 0 Å². The van der Waals surface area contributed by atoms with Crippen LogP contribution < -0.4 is 0 Å². The first-order valence-electron chi connectivity index (χ1n) is 3.40. The van der Waals surface area contributed by atoms with E-state index >= 15 is 0 Å². The molecule has 0 aliphatic rings. The number of alkyl halides is 3. The van der Waals surface area contributed by atoms with Gasteiger partial charge in [0.25, 0.3) is 0 Å². The molecule has 0 radical (unpaired) electrons. The molecule has 0 amide bonds. The molecule has 0 fully saturated rings. The maximum absolute atomic E-state index is 11.9. The van der Waals surface area contributed by atoms with Crippen molar-refractivity contribution in [2.24, 2.45) is 0 Å². The Bertz CT molecular complexity index is 309. The first kappa shape index (κ1) is 10.7. The molecular formula is C8H6ClF3S. The van der Waals surface area contributed by atoms with Gasteiger partial charge in [-0.15, -0.1) is 0 Å². The average Bonchev–Trinajstić information content (AvgIpc) is 1.94. The Morgan fingerprint density at radius 1 is 1.31 bits per heavy atom. The second-order valence-electron chi connectivity index (χ2n) is 2.46. The van der Waals surface area contributed by atoms with Crippen molar-refractivity contribution >= 4 is 23.4 Å². The highest BCUT2D eigenvalue weighted by molar-refractivity contribution is 8.00. The van der Waals surface area contributed by atoms with Crippen molar-refractivity contribution in [3.05, 3.63) is 28.8 Å². The molecule has 13 heavy (non-hydrogen) atoms. The lowest BCUT2D eigenvalue weighted by atomic mass is 10.2. The summed E-state index contributed by atoms with van der Waals surface area (Å²) in [6.45, 7) is 1.74. The minimum atomic E-state index is -4.25. The summed E-state index contributed by atoms with van der Waals surface area (Å²) in [5.41, 5.74) is -3.48. The van der Waals surface area contributed by atoms with Crippen LogP contribution >= 0.6 is 23.4 Å². The number of aryl methyl sites for hydroxylation is 1. The quantitative estimate of drug-likeness (QED) is 0.645. The zero-order valence-electron chi connectivity index (χ0n) is 6.65. The Morgan fingerprint density at radius 3 is 2.38 bits per heavy atom. The van der Waals surface area contributed by atoms with Crippen LogP contribution in [0.15, 0.2) is 23.1 Å². The molecule has 0 bridgehead atoms. The topological polar surface area (TPSA) is 0 Å². The van der Waals surface area contributed by atoms with E-state index in [0.717, 1.165) is 5.56 Å². The van der Waals surface area contributed by atoms with Crippen molar-refractivity contribution in [2.75, 3.05) is 0 Å². The van der Waals surface area contributed by atoms with Gasteiger partial charge in [-0.05, 0) is 36.4 Å². The van der Waals surface area contributed by atoms with Gasteiger partial charge in [-0.1, -0.05) is 17.7 Å². The number of benzene rings is 1. The highest BCUT2D eigenvalue weighted by atomic mass is 35.5. The Hall–Kier alpha value is -0.350. The number of halogens is 4. The molecule has 0 spiro atoms. The lowest BCUT2D eigenvalue weighted by Crippen LogP contribution is -1.98. The van der Waals surface area contributed by atoms with Crippen molar-refractivity contribution < 1.29 is 13.2 Å². The molecule has 0 saturated heterocycles. The number of thioether (sulfide) groups is 1. The van der Waals surface area contributed by atoms with Crippen molar-refractivity contribution in [3.8, 4) is 0 Å². The monoisotopic (exact) mass is 226 g/mol. The molecule has 0 saturated carbocycles. The Balaban J connectivity index is 2.86. The van der Waals surface area contributed by atoms with E-state index in [1.54, 1.807) is 13.0 Å². The van der Waals surface area contributed by atoms with Crippen LogP contribution in [0.1, 0.15) is 5.56 Å². The molecule has 0 unspecified atom stereocenters. The predicted molar refractivity (Wildman–Crippen MR) is 48.1 cm³/mol. The lowest BCUT2D eigenvalue weighted by molar-refractivity contribution is -0.0328. The highest BCUT2D eigenvalue weighted by Gasteiger charge is 2.29. The third-order valence-corrected chi connectivity index (χ3v) is 2.51. The van der Waals surface area contributed by atoms with E-state index in [1.165, 1.54) is 12.1 Å². The molecule has 0 heterocycles. The van der Waals surface area contributed by atoms with Crippen molar-refractivity contribution in [1.29, 1.82) is 0 Å². The summed E-state index contributed by atoms with van der Waals surface area (Å²) in [5.74, 6) is 0. The molecule has 72 valence electrons. The fraction of sp³-hybridized carbons (Fsp3) is 0.250. The normalized spacial score (nSPS) is 11.8. The molecule has 0 aromatic heterocycles. The molecule has 0 aliphatic heterocycles. The minimum absolute atomic E-state index is 0.114. The van der Waals surface area contributed by atoms with Crippen LogP contribution in [0.2, 0.25) is 5.02 Å². The van der Waals surface area contributed by atoms with Crippen LogP contribution in [0.25, 0.3) is 0 Å². The zero-order chi connectivity index (χ0) is 10.1. The molecule has 0 atom stereocenters. The molecule has 1 rings (SSSR count). The number of hydrogen-bond acceptors (Lipinski definition) is 1. The zero-order valence-corrected chi connectivity index (χ0v) is 8.22. The molecular weight excluding hydrogens is 221 g/mol. The summed E-state index contributed by atoms with van der Waals surface area (Å²) in [6, 6.07) is 4.28. The molecule has 0 N–H and O–H groups in total. The maximum atomic E-state index is 11.9. The molecule has 1 aromatic rings. The fourth-order valence-corrected chi connectivity index (χ4v) is 1.60. The van der Waals surface area contributed by atoms with E-state index in [9.17, 15) is 13.2 Å². The smallest absolute Gasteiger partial charge is 0.160 e. The van der Waals surface area contributed by atoms with E-state index in [2.05, 4.69) is 0 Å². The van der Waals surface area contributed by atoms with Gasteiger partial charge in [0.1, 0.15) is 0 Å². The number of hydrogen-bond donors (Lipinski definition) is 0. The van der Waals surface area contributed by atoms with E-state index < -0.39 is 5.51 Å². The van der Waals surface area contributed by atoms with Crippen LogP contribution in [0.4, 0.5) is 13.2 Å².